The van der Waals surface area contributed by atoms with Gasteiger partial charge in [0, 0.05) is 5.38 Å². The second-order valence-electron chi connectivity index (χ2n) is 2.47. The first kappa shape index (κ1) is 10.9. The largest absolute Gasteiger partial charge is 0.401 e. The summed E-state index contributed by atoms with van der Waals surface area (Å²) in [4.78, 5) is 3.75. The van der Waals surface area contributed by atoms with Crippen molar-refractivity contribution < 1.29 is 13.2 Å². The smallest absolute Gasteiger partial charge is 0.288 e. The van der Waals surface area contributed by atoms with Crippen molar-refractivity contribution in [3.05, 3.63) is 16.6 Å². The molecule has 0 bridgehead atoms. The third-order valence-corrected chi connectivity index (χ3v) is 1.99. The second-order valence-corrected chi connectivity index (χ2v) is 3.19. The highest BCUT2D eigenvalue weighted by Gasteiger charge is 2.28. The van der Waals surface area contributed by atoms with Crippen LogP contribution in [0, 0.1) is 11.3 Å². The van der Waals surface area contributed by atoms with Crippen LogP contribution < -0.4 is 5.32 Å². The Morgan fingerprint density at radius 1 is 1.64 bits per heavy atom. The molecule has 0 aliphatic carbocycles. The van der Waals surface area contributed by atoms with Gasteiger partial charge in [0.25, 0.3) is 0 Å². The first-order chi connectivity index (χ1) is 6.53. The fourth-order valence-electron chi connectivity index (χ4n) is 0.799. The molecule has 1 N–H and O–H groups in total. The van der Waals surface area contributed by atoms with Gasteiger partial charge in [-0.1, -0.05) is 0 Å². The van der Waals surface area contributed by atoms with Crippen molar-refractivity contribution in [3.63, 3.8) is 0 Å². The lowest BCUT2D eigenvalue weighted by atomic mass is 10.2. The van der Waals surface area contributed by atoms with Crippen molar-refractivity contribution in [1.29, 1.82) is 5.26 Å². The molecule has 1 heterocycles. The second kappa shape index (κ2) is 4.39. The van der Waals surface area contributed by atoms with Crippen LogP contribution in [0.1, 0.15) is 11.7 Å². The van der Waals surface area contributed by atoms with Crippen LogP contribution in [-0.2, 0) is 0 Å². The number of nitrogens with zero attached hydrogens (tertiary/aromatic N) is 2. The minimum absolute atomic E-state index is 0.321. The summed E-state index contributed by atoms with van der Waals surface area (Å²) < 4.78 is 35.4. The van der Waals surface area contributed by atoms with Gasteiger partial charge < -0.3 is 0 Å². The average molecular weight is 221 g/mol. The van der Waals surface area contributed by atoms with Gasteiger partial charge >= 0.3 is 6.18 Å². The SMILES string of the molecule is N#CC(NCC(F)(F)F)c1cscn1. The van der Waals surface area contributed by atoms with E-state index in [-0.39, 0.29) is 0 Å². The van der Waals surface area contributed by atoms with E-state index in [9.17, 15) is 13.2 Å². The first-order valence-electron chi connectivity index (χ1n) is 3.61. The summed E-state index contributed by atoms with van der Waals surface area (Å²) in [6.07, 6.45) is -4.31. The van der Waals surface area contributed by atoms with E-state index in [1.165, 1.54) is 22.2 Å². The molecular weight excluding hydrogens is 215 g/mol. The van der Waals surface area contributed by atoms with Crippen molar-refractivity contribution >= 4 is 11.3 Å². The van der Waals surface area contributed by atoms with E-state index in [0.717, 1.165) is 0 Å². The van der Waals surface area contributed by atoms with Crippen LogP contribution >= 0.6 is 11.3 Å². The fourth-order valence-corrected chi connectivity index (χ4v) is 1.38. The Kier molecular flexibility index (Phi) is 3.43. The van der Waals surface area contributed by atoms with Crippen molar-refractivity contribution in [1.82, 2.24) is 10.3 Å². The van der Waals surface area contributed by atoms with Gasteiger partial charge in [-0.2, -0.15) is 18.4 Å². The fraction of sp³-hybridized carbons (Fsp3) is 0.429. The number of nitriles is 1. The first-order valence-corrected chi connectivity index (χ1v) is 4.55. The molecule has 0 spiro atoms. The minimum Gasteiger partial charge on any atom is -0.288 e. The average Bonchev–Trinajstić information content (AvgIpc) is 2.56. The maximum atomic E-state index is 11.8. The van der Waals surface area contributed by atoms with Crippen LogP contribution in [0.25, 0.3) is 0 Å². The predicted molar refractivity (Wildman–Crippen MR) is 44.5 cm³/mol. The molecule has 1 aromatic rings. The van der Waals surface area contributed by atoms with Crippen LogP contribution in [-0.4, -0.2) is 17.7 Å². The van der Waals surface area contributed by atoms with Crippen molar-refractivity contribution in [3.8, 4) is 6.07 Å². The maximum Gasteiger partial charge on any atom is 0.401 e. The molecule has 1 unspecified atom stereocenters. The number of thiazole rings is 1. The normalized spacial score (nSPS) is 13.6. The van der Waals surface area contributed by atoms with Gasteiger partial charge in [0.05, 0.1) is 23.8 Å². The highest BCUT2D eigenvalue weighted by Crippen LogP contribution is 2.16. The Balaban J connectivity index is 2.54. The number of rotatable bonds is 3. The van der Waals surface area contributed by atoms with Gasteiger partial charge in [-0.15, -0.1) is 11.3 Å². The summed E-state index contributed by atoms with van der Waals surface area (Å²) in [6, 6.07) is 0.713. The van der Waals surface area contributed by atoms with Gasteiger partial charge in [0.1, 0.15) is 6.04 Å². The predicted octanol–water partition coefficient (Wildman–Crippen LogP) is 1.86. The summed E-state index contributed by atoms with van der Waals surface area (Å²) in [7, 11) is 0. The number of hydrogen-bond donors (Lipinski definition) is 1. The van der Waals surface area contributed by atoms with Crippen LogP contribution in [0.3, 0.4) is 0 Å². The molecule has 14 heavy (non-hydrogen) atoms. The molecule has 0 fully saturated rings. The van der Waals surface area contributed by atoms with Gasteiger partial charge in [-0.05, 0) is 0 Å². The summed E-state index contributed by atoms with van der Waals surface area (Å²) in [5, 5.41) is 12.2. The molecule has 7 heteroatoms. The van der Waals surface area contributed by atoms with E-state index in [4.69, 9.17) is 5.26 Å². The highest BCUT2D eigenvalue weighted by molar-refractivity contribution is 7.07. The molecule has 1 atom stereocenters. The zero-order chi connectivity index (χ0) is 10.6. The van der Waals surface area contributed by atoms with E-state index >= 15 is 0 Å². The molecule has 0 amide bonds. The van der Waals surface area contributed by atoms with Gasteiger partial charge in [-0.25, -0.2) is 4.98 Å². The Bertz CT molecular complexity index is 314. The molecule has 76 valence electrons. The Labute approximate surface area is 82.2 Å². The van der Waals surface area contributed by atoms with Crippen LogP contribution in [0.5, 0.6) is 0 Å². The Morgan fingerprint density at radius 3 is 2.79 bits per heavy atom. The number of aromatic nitrogens is 1. The monoisotopic (exact) mass is 221 g/mol. The van der Waals surface area contributed by atoms with Crippen molar-refractivity contribution in [2.45, 2.75) is 12.2 Å². The third kappa shape index (κ3) is 3.32. The summed E-state index contributed by atoms with van der Waals surface area (Å²) in [5.74, 6) is 0. The quantitative estimate of drug-likeness (QED) is 0.847. The Hall–Kier alpha value is -1.13. The lowest BCUT2D eigenvalue weighted by molar-refractivity contribution is -0.125. The molecule has 0 aromatic carbocycles. The summed E-state index contributed by atoms with van der Waals surface area (Å²) in [5.41, 5.74) is 1.79. The molecule has 0 saturated carbocycles. The highest BCUT2D eigenvalue weighted by atomic mass is 32.1. The standard InChI is InChI=1S/C7H6F3N3S/c8-7(9,10)3-12-5(1-11)6-2-14-4-13-6/h2,4-5,12H,3H2. The topological polar surface area (TPSA) is 48.7 Å². The third-order valence-electron chi connectivity index (χ3n) is 1.38. The molecule has 0 radical (unpaired) electrons. The van der Waals surface area contributed by atoms with Crippen LogP contribution in [0.2, 0.25) is 0 Å². The Morgan fingerprint density at radius 2 is 2.36 bits per heavy atom. The summed E-state index contributed by atoms with van der Waals surface area (Å²) in [6.45, 7) is -1.19. The summed E-state index contributed by atoms with van der Waals surface area (Å²) >= 11 is 1.23. The molecule has 0 aliphatic rings. The molecule has 1 rings (SSSR count). The van der Waals surface area contributed by atoms with E-state index < -0.39 is 18.8 Å². The van der Waals surface area contributed by atoms with Crippen molar-refractivity contribution in [2.75, 3.05) is 6.54 Å². The zero-order valence-corrected chi connectivity index (χ0v) is 7.69. The lowest BCUT2D eigenvalue weighted by Gasteiger charge is -2.10. The van der Waals surface area contributed by atoms with Crippen molar-refractivity contribution in [2.24, 2.45) is 0 Å². The number of alkyl halides is 3. The van der Waals surface area contributed by atoms with Crippen LogP contribution in [0.4, 0.5) is 13.2 Å². The number of hydrogen-bond acceptors (Lipinski definition) is 4. The maximum absolute atomic E-state index is 11.8. The van der Waals surface area contributed by atoms with Gasteiger partial charge in [0.15, 0.2) is 0 Å². The van der Waals surface area contributed by atoms with E-state index in [1.54, 1.807) is 6.07 Å². The lowest BCUT2D eigenvalue weighted by Crippen LogP contribution is -2.31. The number of nitrogens with one attached hydrogen (secondary N) is 1. The van der Waals surface area contributed by atoms with Gasteiger partial charge in [-0.3, -0.25) is 5.32 Å². The van der Waals surface area contributed by atoms with E-state index in [0.29, 0.717) is 5.69 Å². The van der Waals surface area contributed by atoms with Gasteiger partial charge in [0.2, 0.25) is 0 Å². The molecule has 1 aromatic heterocycles. The number of halogens is 3. The molecular formula is C7H6F3N3S. The zero-order valence-electron chi connectivity index (χ0n) is 6.88. The van der Waals surface area contributed by atoms with E-state index in [2.05, 4.69) is 10.3 Å². The molecule has 0 aliphatic heterocycles. The molecule has 0 saturated heterocycles. The minimum atomic E-state index is -4.31. The molecule has 3 nitrogen and oxygen atoms in total. The van der Waals surface area contributed by atoms with E-state index in [1.807, 2.05) is 0 Å². The van der Waals surface area contributed by atoms with Crippen LogP contribution in [0.15, 0.2) is 10.9 Å².